The first-order valence-electron chi connectivity index (χ1n) is 13.1. The van der Waals surface area contributed by atoms with Gasteiger partial charge in [0.05, 0.1) is 23.2 Å². The molecule has 1 aromatic heterocycles. The van der Waals surface area contributed by atoms with Gasteiger partial charge in [-0.3, -0.25) is 14.3 Å². The zero-order chi connectivity index (χ0) is 28.2. The van der Waals surface area contributed by atoms with Crippen LogP contribution in [0.2, 0.25) is 10.0 Å². The number of hydrogen-bond acceptors (Lipinski definition) is 5. The van der Waals surface area contributed by atoms with Crippen LogP contribution in [0, 0.1) is 0 Å². The van der Waals surface area contributed by atoms with Gasteiger partial charge in [-0.2, -0.15) is 0 Å². The van der Waals surface area contributed by atoms with Crippen molar-refractivity contribution in [2.45, 2.75) is 26.3 Å². The molecule has 0 amide bonds. The lowest BCUT2D eigenvalue weighted by Crippen LogP contribution is -2.33. The number of nitrogens with one attached hydrogen (secondary N) is 1. The molecule has 0 radical (unpaired) electrons. The fraction of sp³-hybridized carbons (Fsp3) is 0.226. The van der Waals surface area contributed by atoms with E-state index in [0.29, 0.717) is 41.1 Å². The van der Waals surface area contributed by atoms with Gasteiger partial charge in [0.15, 0.2) is 5.78 Å². The summed E-state index contributed by atoms with van der Waals surface area (Å²) in [5.74, 6) is 0.00801. The molecule has 3 aromatic carbocycles. The summed E-state index contributed by atoms with van der Waals surface area (Å²) in [5.41, 5.74) is 3.92. The van der Waals surface area contributed by atoms with Gasteiger partial charge >= 0.3 is 5.69 Å². The molecule has 0 unspecified atom stereocenters. The average Bonchev–Trinajstić information content (AvgIpc) is 3.28. The van der Waals surface area contributed by atoms with Crippen LogP contribution in [0.4, 0.5) is 0 Å². The number of rotatable bonds is 9. The van der Waals surface area contributed by atoms with Gasteiger partial charge in [0.2, 0.25) is 0 Å². The average molecular weight is 578 g/mol. The summed E-state index contributed by atoms with van der Waals surface area (Å²) in [7, 11) is 0. The molecule has 0 atom stereocenters. The summed E-state index contributed by atoms with van der Waals surface area (Å²) in [6, 6.07) is 15.8. The fourth-order valence-electron chi connectivity index (χ4n) is 4.84. The number of phenolic OH excluding ortho intramolecular Hbond substituents is 1. The predicted octanol–water partition coefficient (Wildman–Crippen LogP) is 6.77. The van der Waals surface area contributed by atoms with Gasteiger partial charge < -0.3 is 14.8 Å². The number of aromatic amines is 1. The highest BCUT2D eigenvalue weighted by atomic mass is 35.5. The van der Waals surface area contributed by atoms with Crippen LogP contribution in [-0.2, 0) is 6.54 Å². The molecule has 2 N–H and O–H groups in total. The van der Waals surface area contributed by atoms with Crippen molar-refractivity contribution in [3.05, 3.63) is 104 Å². The number of ether oxygens (including phenoxy) is 1. The maximum Gasteiger partial charge on any atom is 0.330 e. The molecule has 40 heavy (non-hydrogen) atoms. The summed E-state index contributed by atoms with van der Waals surface area (Å²) in [6.07, 6.45) is 6.63. The monoisotopic (exact) mass is 577 g/mol. The summed E-state index contributed by atoms with van der Waals surface area (Å²) >= 11 is 12.2. The number of H-pyrrole nitrogens is 1. The highest BCUT2D eigenvalue weighted by molar-refractivity contribution is 6.35. The lowest BCUT2D eigenvalue weighted by Gasteiger charge is -2.28. The Bertz CT molecular complexity index is 1690. The van der Waals surface area contributed by atoms with Gasteiger partial charge in [0.1, 0.15) is 11.5 Å². The van der Waals surface area contributed by atoms with E-state index in [2.05, 4.69) is 16.0 Å². The number of nitrogens with zero attached hydrogens (tertiary/aromatic N) is 2. The van der Waals surface area contributed by atoms with Gasteiger partial charge in [0, 0.05) is 47.0 Å². The first kappa shape index (κ1) is 27.8. The molecule has 5 rings (SSSR count). The number of imidazole rings is 1. The molecule has 7 nitrogen and oxygen atoms in total. The van der Waals surface area contributed by atoms with E-state index in [4.69, 9.17) is 27.9 Å². The van der Waals surface area contributed by atoms with Crippen LogP contribution in [0.3, 0.4) is 0 Å². The molecule has 1 aliphatic heterocycles. The van der Waals surface area contributed by atoms with Crippen molar-refractivity contribution in [3.8, 4) is 11.5 Å². The standard InChI is InChI=1S/C31H29Cl2N3O4/c1-2-14-40-30-17-29(38)24(28(37)12-10-20-9-11-22(32)16-25(20)33)15-21(30)18-35-13-5-6-23(19-35)36-27-8-4-3-7-26(27)34-31(36)39/h3-4,6-12,15-17,38H,2,5,13-14,18-19H2,1H3,(H,34,39)/b12-10+. The first-order valence-corrected chi connectivity index (χ1v) is 13.9. The number of halogens is 2. The highest BCUT2D eigenvalue weighted by Gasteiger charge is 2.21. The van der Waals surface area contributed by atoms with Crippen molar-refractivity contribution in [3.63, 3.8) is 0 Å². The van der Waals surface area contributed by atoms with E-state index >= 15 is 0 Å². The minimum atomic E-state index is -0.364. The number of para-hydroxylation sites is 2. The van der Waals surface area contributed by atoms with Gasteiger partial charge in [-0.25, -0.2) is 4.79 Å². The Labute approximate surface area is 241 Å². The second-order valence-electron chi connectivity index (χ2n) is 9.67. The Morgan fingerprint density at radius 1 is 1.15 bits per heavy atom. The van der Waals surface area contributed by atoms with Crippen molar-refractivity contribution in [2.24, 2.45) is 0 Å². The number of aromatic nitrogens is 2. The van der Waals surface area contributed by atoms with E-state index in [9.17, 15) is 14.7 Å². The molecule has 206 valence electrons. The maximum absolute atomic E-state index is 13.1. The third-order valence-electron chi connectivity index (χ3n) is 6.76. The number of ketones is 1. The Balaban J connectivity index is 1.41. The first-order chi connectivity index (χ1) is 19.3. The van der Waals surface area contributed by atoms with Crippen LogP contribution in [0.25, 0.3) is 22.8 Å². The lowest BCUT2D eigenvalue weighted by molar-refractivity contribution is 0.104. The minimum Gasteiger partial charge on any atom is -0.507 e. The number of hydrogen-bond donors (Lipinski definition) is 2. The Hall–Kier alpha value is -3.78. The van der Waals surface area contributed by atoms with Crippen LogP contribution in [0.5, 0.6) is 11.5 Å². The number of fused-ring (bicyclic) bond motifs is 1. The second-order valence-corrected chi connectivity index (χ2v) is 10.5. The molecule has 0 aliphatic carbocycles. The van der Waals surface area contributed by atoms with E-state index < -0.39 is 0 Å². The molecule has 0 bridgehead atoms. The molecule has 0 spiro atoms. The molecule has 1 aliphatic rings. The molecule has 0 saturated carbocycles. The molecular weight excluding hydrogens is 549 g/mol. The van der Waals surface area contributed by atoms with Gasteiger partial charge in [0.25, 0.3) is 0 Å². The minimum absolute atomic E-state index is 0.156. The van der Waals surface area contributed by atoms with Crippen molar-refractivity contribution in [2.75, 3.05) is 19.7 Å². The van der Waals surface area contributed by atoms with E-state index in [1.165, 1.54) is 12.1 Å². The molecular formula is C31H29Cl2N3O4. The Morgan fingerprint density at radius 2 is 1.98 bits per heavy atom. The van der Waals surface area contributed by atoms with Crippen molar-refractivity contribution in [1.82, 2.24) is 14.5 Å². The topological polar surface area (TPSA) is 87.6 Å². The number of phenols is 1. The smallest absolute Gasteiger partial charge is 0.330 e. The molecule has 0 fully saturated rings. The summed E-state index contributed by atoms with van der Waals surface area (Å²) in [6.45, 7) is 4.26. The van der Waals surface area contributed by atoms with Gasteiger partial charge in [-0.05, 0) is 60.9 Å². The maximum atomic E-state index is 13.1. The van der Waals surface area contributed by atoms with E-state index in [-0.39, 0.29) is 22.8 Å². The van der Waals surface area contributed by atoms with Gasteiger partial charge in [-0.15, -0.1) is 0 Å². The second kappa shape index (κ2) is 12.2. The predicted molar refractivity (Wildman–Crippen MR) is 160 cm³/mol. The normalized spacial score (nSPS) is 14.1. The molecule has 2 heterocycles. The van der Waals surface area contributed by atoms with Gasteiger partial charge in [-0.1, -0.05) is 54.4 Å². The van der Waals surface area contributed by atoms with E-state index in [1.807, 2.05) is 31.2 Å². The number of carbonyl (C=O) groups excluding carboxylic acids is 1. The molecule has 0 saturated heterocycles. The van der Waals surface area contributed by atoms with Crippen molar-refractivity contribution >= 4 is 51.8 Å². The fourth-order valence-corrected chi connectivity index (χ4v) is 5.31. The number of allylic oxidation sites excluding steroid dienone is 1. The zero-order valence-electron chi connectivity index (χ0n) is 22.0. The number of carbonyl (C=O) groups is 1. The SMILES string of the molecule is CCCOc1cc(O)c(C(=O)/C=C/c2ccc(Cl)cc2Cl)cc1CN1CCC=C(n2c(=O)[nH]c3ccccc32)C1. The summed E-state index contributed by atoms with van der Waals surface area (Å²) in [4.78, 5) is 31.0. The van der Waals surface area contributed by atoms with Crippen molar-refractivity contribution in [1.29, 1.82) is 0 Å². The Kier molecular flexibility index (Phi) is 8.45. The van der Waals surface area contributed by atoms with Crippen LogP contribution >= 0.6 is 23.2 Å². The number of aromatic hydroxyl groups is 1. The largest absolute Gasteiger partial charge is 0.507 e. The zero-order valence-corrected chi connectivity index (χ0v) is 23.5. The molecule has 4 aromatic rings. The van der Waals surface area contributed by atoms with E-state index in [0.717, 1.165) is 41.7 Å². The molecule has 9 heteroatoms. The summed E-state index contributed by atoms with van der Waals surface area (Å²) in [5, 5.41) is 11.7. The van der Waals surface area contributed by atoms with Crippen molar-refractivity contribution < 1.29 is 14.6 Å². The van der Waals surface area contributed by atoms with Crippen LogP contribution < -0.4 is 10.4 Å². The summed E-state index contributed by atoms with van der Waals surface area (Å²) < 4.78 is 7.67. The number of benzene rings is 3. The van der Waals surface area contributed by atoms with Crippen LogP contribution in [-0.4, -0.2) is 45.0 Å². The highest BCUT2D eigenvalue weighted by Crippen LogP contribution is 2.32. The Morgan fingerprint density at radius 3 is 2.77 bits per heavy atom. The van der Waals surface area contributed by atoms with Crippen LogP contribution in [0.1, 0.15) is 41.3 Å². The van der Waals surface area contributed by atoms with E-state index in [1.54, 1.807) is 34.9 Å². The quantitative estimate of drug-likeness (QED) is 0.169. The third kappa shape index (κ3) is 6.02. The van der Waals surface area contributed by atoms with Crippen LogP contribution in [0.15, 0.2) is 71.5 Å². The third-order valence-corrected chi connectivity index (χ3v) is 7.33. The lowest BCUT2D eigenvalue weighted by atomic mass is 10.0.